The molecule has 26 heavy (non-hydrogen) atoms. The lowest BCUT2D eigenvalue weighted by atomic mass is 10.1. The normalized spacial score (nSPS) is 18.3. The lowest BCUT2D eigenvalue weighted by Crippen LogP contribution is -2.43. The van der Waals surface area contributed by atoms with Gasteiger partial charge in [0.2, 0.25) is 0 Å². The number of carbonyl (C=O) groups excluding carboxylic acids is 1. The van der Waals surface area contributed by atoms with E-state index in [4.69, 9.17) is 4.74 Å². The lowest BCUT2D eigenvalue weighted by Gasteiger charge is -2.30. The Morgan fingerprint density at radius 3 is 3.04 bits per heavy atom. The molecule has 1 atom stereocenters. The SMILES string of the molecule is C[C@H]1CN(CC(=O)Cc2cc3cc(-c4cncs4)ccc3cn2)CCO1. The quantitative estimate of drug-likeness (QED) is 0.693. The van der Waals surface area contributed by atoms with Gasteiger partial charge in [0.15, 0.2) is 5.78 Å². The Bertz CT molecular complexity index is 911. The van der Waals surface area contributed by atoms with Gasteiger partial charge >= 0.3 is 0 Å². The summed E-state index contributed by atoms with van der Waals surface area (Å²) in [5, 5.41) is 2.19. The Labute approximate surface area is 156 Å². The monoisotopic (exact) mass is 367 g/mol. The van der Waals surface area contributed by atoms with Gasteiger partial charge in [0.05, 0.1) is 36.1 Å². The van der Waals surface area contributed by atoms with Crippen molar-refractivity contribution in [2.24, 2.45) is 0 Å². The van der Waals surface area contributed by atoms with Crippen molar-refractivity contribution in [2.45, 2.75) is 19.4 Å². The summed E-state index contributed by atoms with van der Waals surface area (Å²) in [7, 11) is 0. The van der Waals surface area contributed by atoms with Crippen LogP contribution in [-0.4, -0.2) is 53.0 Å². The Kier molecular flexibility index (Phi) is 5.06. The minimum absolute atomic E-state index is 0.195. The zero-order valence-corrected chi connectivity index (χ0v) is 15.5. The Hall–Kier alpha value is -2.15. The standard InChI is InChI=1S/C20H21N3O2S/c1-14-11-23(4-5-25-14)12-19(24)8-18-7-17-6-15(20-10-21-13-26-20)2-3-16(17)9-22-18/h2-3,6-7,9-10,13-14H,4-5,8,11-12H2,1H3/t14-/m0/s1. The zero-order valence-electron chi connectivity index (χ0n) is 14.7. The van der Waals surface area contributed by atoms with E-state index in [-0.39, 0.29) is 11.9 Å². The van der Waals surface area contributed by atoms with Crippen LogP contribution in [0.4, 0.5) is 0 Å². The van der Waals surface area contributed by atoms with Crippen molar-refractivity contribution in [1.82, 2.24) is 14.9 Å². The van der Waals surface area contributed by atoms with E-state index in [9.17, 15) is 4.79 Å². The van der Waals surface area contributed by atoms with Crippen LogP contribution in [0.15, 0.2) is 42.2 Å². The maximum atomic E-state index is 12.4. The van der Waals surface area contributed by atoms with Gasteiger partial charge in [0, 0.05) is 36.6 Å². The Morgan fingerprint density at radius 2 is 2.23 bits per heavy atom. The van der Waals surface area contributed by atoms with Crippen molar-refractivity contribution in [3.63, 3.8) is 0 Å². The highest BCUT2D eigenvalue weighted by Crippen LogP contribution is 2.27. The molecule has 1 aliphatic heterocycles. The highest BCUT2D eigenvalue weighted by atomic mass is 32.1. The van der Waals surface area contributed by atoms with Gasteiger partial charge in [0.25, 0.3) is 0 Å². The topological polar surface area (TPSA) is 55.3 Å². The van der Waals surface area contributed by atoms with E-state index in [1.54, 1.807) is 11.3 Å². The average molecular weight is 367 g/mol. The van der Waals surface area contributed by atoms with Gasteiger partial charge < -0.3 is 4.74 Å². The first kappa shape index (κ1) is 17.3. The van der Waals surface area contributed by atoms with Gasteiger partial charge in [0.1, 0.15) is 0 Å². The van der Waals surface area contributed by atoms with Crippen LogP contribution in [0.3, 0.4) is 0 Å². The number of fused-ring (bicyclic) bond motifs is 1. The fraction of sp³-hybridized carbons (Fsp3) is 0.350. The molecule has 6 heteroatoms. The van der Waals surface area contributed by atoms with E-state index in [2.05, 4.69) is 33.1 Å². The molecule has 1 aromatic carbocycles. The zero-order chi connectivity index (χ0) is 17.9. The minimum atomic E-state index is 0.195. The van der Waals surface area contributed by atoms with Gasteiger partial charge in [-0.05, 0) is 30.0 Å². The molecule has 0 unspecified atom stereocenters. The Balaban J connectivity index is 1.48. The maximum Gasteiger partial charge on any atom is 0.152 e. The molecule has 0 N–H and O–H groups in total. The molecule has 5 nitrogen and oxygen atoms in total. The van der Waals surface area contributed by atoms with E-state index in [1.165, 1.54) is 0 Å². The third-order valence-electron chi connectivity index (χ3n) is 4.60. The number of hydrogen-bond acceptors (Lipinski definition) is 6. The van der Waals surface area contributed by atoms with E-state index in [0.29, 0.717) is 19.6 Å². The van der Waals surface area contributed by atoms with Crippen LogP contribution < -0.4 is 0 Å². The van der Waals surface area contributed by atoms with E-state index in [0.717, 1.165) is 40.0 Å². The van der Waals surface area contributed by atoms with Crippen molar-refractivity contribution in [2.75, 3.05) is 26.2 Å². The number of thiazole rings is 1. The number of aromatic nitrogens is 2. The minimum Gasteiger partial charge on any atom is -0.376 e. The fourth-order valence-corrected chi connectivity index (χ4v) is 3.96. The number of carbonyl (C=O) groups is 1. The van der Waals surface area contributed by atoms with Crippen molar-refractivity contribution >= 4 is 27.9 Å². The van der Waals surface area contributed by atoms with Crippen molar-refractivity contribution in [1.29, 1.82) is 0 Å². The van der Waals surface area contributed by atoms with Crippen LogP contribution in [0.5, 0.6) is 0 Å². The van der Waals surface area contributed by atoms with Crippen LogP contribution in [0.1, 0.15) is 12.6 Å². The molecule has 0 amide bonds. The molecular formula is C20H21N3O2S. The second-order valence-electron chi connectivity index (χ2n) is 6.74. The van der Waals surface area contributed by atoms with Gasteiger partial charge in [-0.2, -0.15) is 0 Å². The molecule has 0 bridgehead atoms. The first-order chi connectivity index (χ1) is 12.7. The van der Waals surface area contributed by atoms with Gasteiger partial charge in [-0.15, -0.1) is 11.3 Å². The van der Waals surface area contributed by atoms with Gasteiger partial charge in [-0.3, -0.25) is 19.7 Å². The molecule has 3 heterocycles. The summed E-state index contributed by atoms with van der Waals surface area (Å²) < 4.78 is 5.53. The van der Waals surface area contributed by atoms with E-state index < -0.39 is 0 Å². The second kappa shape index (κ2) is 7.61. The third kappa shape index (κ3) is 3.98. The van der Waals surface area contributed by atoms with Crippen LogP contribution in [0.25, 0.3) is 21.2 Å². The third-order valence-corrected chi connectivity index (χ3v) is 5.42. The van der Waals surface area contributed by atoms with Crippen molar-refractivity contribution < 1.29 is 9.53 Å². The van der Waals surface area contributed by atoms with Gasteiger partial charge in [-0.25, -0.2) is 0 Å². The largest absolute Gasteiger partial charge is 0.376 e. The number of hydrogen-bond donors (Lipinski definition) is 0. The number of morpholine rings is 1. The summed E-state index contributed by atoms with van der Waals surface area (Å²) >= 11 is 1.62. The summed E-state index contributed by atoms with van der Waals surface area (Å²) in [4.78, 5) is 24.4. The number of rotatable bonds is 5. The van der Waals surface area contributed by atoms with Crippen LogP contribution in [0, 0.1) is 0 Å². The molecule has 4 rings (SSSR count). The maximum absolute atomic E-state index is 12.4. The van der Waals surface area contributed by atoms with Crippen LogP contribution >= 0.6 is 11.3 Å². The molecule has 1 saturated heterocycles. The molecule has 134 valence electrons. The predicted molar refractivity (Wildman–Crippen MR) is 103 cm³/mol. The fourth-order valence-electron chi connectivity index (χ4n) is 3.34. The molecule has 3 aromatic rings. The number of benzene rings is 1. The Morgan fingerprint density at radius 1 is 1.31 bits per heavy atom. The molecule has 2 aromatic heterocycles. The average Bonchev–Trinajstić information content (AvgIpc) is 3.15. The van der Waals surface area contributed by atoms with Crippen LogP contribution in [0.2, 0.25) is 0 Å². The van der Waals surface area contributed by atoms with E-state index in [1.807, 2.05) is 30.9 Å². The highest BCUT2D eigenvalue weighted by molar-refractivity contribution is 7.13. The number of ether oxygens (including phenoxy) is 1. The molecule has 1 fully saturated rings. The summed E-state index contributed by atoms with van der Waals surface area (Å²) in [6.07, 6.45) is 4.29. The highest BCUT2D eigenvalue weighted by Gasteiger charge is 2.19. The number of ketones is 1. The first-order valence-corrected chi connectivity index (χ1v) is 9.68. The van der Waals surface area contributed by atoms with E-state index >= 15 is 0 Å². The molecule has 0 saturated carbocycles. The molecular weight excluding hydrogens is 346 g/mol. The second-order valence-corrected chi connectivity index (χ2v) is 7.62. The summed E-state index contributed by atoms with van der Waals surface area (Å²) in [5.41, 5.74) is 3.80. The van der Waals surface area contributed by atoms with Gasteiger partial charge in [-0.1, -0.05) is 12.1 Å². The molecule has 0 spiro atoms. The number of nitrogens with zero attached hydrogens (tertiary/aromatic N) is 3. The molecule has 0 radical (unpaired) electrons. The number of pyridine rings is 1. The molecule has 0 aliphatic carbocycles. The first-order valence-electron chi connectivity index (χ1n) is 8.80. The summed E-state index contributed by atoms with van der Waals surface area (Å²) in [5.74, 6) is 0.199. The van der Waals surface area contributed by atoms with Crippen LogP contribution in [-0.2, 0) is 16.0 Å². The lowest BCUT2D eigenvalue weighted by molar-refractivity contribution is -0.121. The number of Topliss-reactive ketones (excluding diaryl/α,β-unsaturated/α-hetero) is 1. The van der Waals surface area contributed by atoms with Crippen molar-refractivity contribution in [3.05, 3.63) is 47.9 Å². The predicted octanol–water partition coefficient (Wildman–Crippen LogP) is 3.19. The smallest absolute Gasteiger partial charge is 0.152 e. The molecule has 1 aliphatic rings. The summed E-state index contributed by atoms with van der Waals surface area (Å²) in [6, 6.07) is 8.32. The summed E-state index contributed by atoms with van der Waals surface area (Å²) in [6.45, 7) is 4.84. The van der Waals surface area contributed by atoms with Crippen molar-refractivity contribution in [3.8, 4) is 10.4 Å².